The predicted octanol–water partition coefficient (Wildman–Crippen LogP) is 2.28. The molecule has 0 aliphatic heterocycles. The van der Waals surface area contributed by atoms with Gasteiger partial charge in [-0.25, -0.2) is 9.13 Å². The first-order valence-corrected chi connectivity index (χ1v) is 8.75. The van der Waals surface area contributed by atoms with Gasteiger partial charge < -0.3 is 24.0 Å². The minimum Gasteiger partial charge on any atom is -1.00 e. The van der Waals surface area contributed by atoms with Crippen molar-refractivity contribution in [3.63, 3.8) is 0 Å². The van der Waals surface area contributed by atoms with Crippen LogP contribution in [0.5, 0.6) is 0 Å². The second-order valence-corrected chi connectivity index (χ2v) is 6.28. The zero-order valence-electron chi connectivity index (χ0n) is 14.0. The molecule has 0 fully saturated rings. The molecule has 2 rings (SSSR count). The van der Waals surface area contributed by atoms with Gasteiger partial charge in [0.05, 0.1) is 13.1 Å². The predicted molar refractivity (Wildman–Crippen MR) is 90.9 cm³/mol. The van der Waals surface area contributed by atoms with Crippen LogP contribution in [0.3, 0.4) is 0 Å². The number of nitrogens with zero attached hydrogens (tertiary/aromatic N) is 2. The lowest BCUT2D eigenvalue weighted by Crippen LogP contribution is -3.00. The van der Waals surface area contributed by atoms with Gasteiger partial charge in [-0.05, 0) is 31.9 Å². The van der Waals surface area contributed by atoms with E-state index in [0.717, 1.165) is 18.1 Å². The third kappa shape index (κ3) is 4.60. The van der Waals surface area contributed by atoms with Crippen LogP contribution in [0.25, 0.3) is 11.0 Å². The van der Waals surface area contributed by atoms with E-state index in [4.69, 9.17) is 11.6 Å². The fourth-order valence-electron chi connectivity index (χ4n) is 3.17. The van der Waals surface area contributed by atoms with Gasteiger partial charge in [-0.15, -0.1) is 0 Å². The second kappa shape index (κ2) is 9.76. The third-order valence-electron chi connectivity index (χ3n) is 4.35. The molecule has 2 nitrogen and oxygen atoms in total. The number of hydrogen-bond acceptors (Lipinski definition) is 0. The van der Waals surface area contributed by atoms with E-state index < -0.39 is 0 Å². The van der Waals surface area contributed by atoms with Gasteiger partial charge in [0.15, 0.2) is 11.0 Å². The first-order valence-electron chi connectivity index (χ1n) is 8.37. The molecule has 0 aliphatic carbocycles. The van der Waals surface area contributed by atoms with E-state index in [2.05, 4.69) is 42.0 Å². The Morgan fingerprint density at radius 3 is 2.41 bits per heavy atom. The molecule has 0 radical (unpaired) electrons. The summed E-state index contributed by atoms with van der Waals surface area (Å²) in [5.41, 5.74) is 2.57. The highest BCUT2D eigenvalue weighted by Gasteiger charge is 2.20. The van der Waals surface area contributed by atoms with Crippen molar-refractivity contribution in [1.29, 1.82) is 0 Å². The molecule has 0 amide bonds. The van der Waals surface area contributed by atoms with Gasteiger partial charge >= 0.3 is 0 Å². The van der Waals surface area contributed by atoms with Gasteiger partial charge in [-0.3, -0.25) is 0 Å². The Bertz CT molecular complexity index is 592. The van der Waals surface area contributed by atoms with Crippen molar-refractivity contribution >= 4 is 22.6 Å². The summed E-state index contributed by atoms with van der Waals surface area (Å²) >= 11 is 6.19. The van der Waals surface area contributed by atoms with Gasteiger partial charge in [-0.1, -0.05) is 44.2 Å². The van der Waals surface area contributed by atoms with E-state index in [-0.39, 0.29) is 24.0 Å². The zero-order valence-corrected chi connectivity index (χ0v) is 17.0. The maximum absolute atomic E-state index is 6.19. The van der Waals surface area contributed by atoms with E-state index in [1.165, 1.54) is 55.4 Å². The van der Waals surface area contributed by atoms with Crippen LogP contribution in [0.4, 0.5) is 0 Å². The van der Waals surface area contributed by atoms with Gasteiger partial charge in [0.25, 0.3) is 5.82 Å². The molecule has 1 heterocycles. The summed E-state index contributed by atoms with van der Waals surface area (Å²) in [5.74, 6) is 1.34. The van der Waals surface area contributed by atoms with Crippen molar-refractivity contribution in [2.75, 3.05) is 0 Å². The lowest BCUT2D eigenvalue weighted by atomic mass is 10.1. The summed E-state index contributed by atoms with van der Waals surface area (Å²) in [7, 11) is 0. The van der Waals surface area contributed by atoms with E-state index in [1.807, 2.05) is 6.07 Å². The molecule has 4 heteroatoms. The van der Waals surface area contributed by atoms with Crippen LogP contribution >= 0.6 is 11.6 Å². The topological polar surface area (TPSA) is 8.81 Å². The fraction of sp³-hybridized carbons (Fsp3) is 0.611. The van der Waals surface area contributed by atoms with Crippen molar-refractivity contribution in [1.82, 2.24) is 4.57 Å². The first-order chi connectivity index (χ1) is 10.2. The van der Waals surface area contributed by atoms with Crippen LogP contribution in [-0.2, 0) is 13.1 Å². The smallest absolute Gasteiger partial charge is 0.254 e. The molecule has 0 atom stereocenters. The zero-order chi connectivity index (χ0) is 15.2. The summed E-state index contributed by atoms with van der Waals surface area (Å²) in [5, 5.41) is 0.826. The highest BCUT2D eigenvalue weighted by Crippen LogP contribution is 2.20. The molecule has 0 bridgehead atoms. The summed E-state index contributed by atoms with van der Waals surface area (Å²) in [6, 6.07) is 6.24. The Kier molecular flexibility index (Phi) is 8.77. The number of unbranched alkanes of at least 4 members (excludes halogenated alkanes) is 5. The quantitative estimate of drug-likeness (QED) is 0.342. The Labute approximate surface area is 156 Å². The van der Waals surface area contributed by atoms with E-state index in [1.54, 1.807) is 0 Å². The van der Waals surface area contributed by atoms with E-state index >= 15 is 0 Å². The number of benzene rings is 1. The van der Waals surface area contributed by atoms with Crippen LogP contribution in [0.2, 0.25) is 5.02 Å². The molecule has 124 valence electrons. The Morgan fingerprint density at radius 2 is 1.73 bits per heavy atom. The highest BCUT2D eigenvalue weighted by molar-refractivity contribution is 6.31. The molecule has 0 N–H and O–H groups in total. The lowest BCUT2D eigenvalue weighted by Gasteiger charge is -2.02. The van der Waals surface area contributed by atoms with Crippen molar-refractivity contribution in [3.05, 3.63) is 29.0 Å². The number of rotatable bonds is 8. The van der Waals surface area contributed by atoms with Crippen molar-refractivity contribution in [2.24, 2.45) is 0 Å². The molecular weight excluding hydrogens is 407 g/mol. The van der Waals surface area contributed by atoms with Crippen LogP contribution < -0.4 is 28.5 Å². The van der Waals surface area contributed by atoms with Crippen LogP contribution in [0, 0.1) is 6.92 Å². The van der Waals surface area contributed by atoms with Crippen molar-refractivity contribution in [2.45, 2.75) is 72.4 Å². The van der Waals surface area contributed by atoms with Crippen LogP contribution in [-0.4, -0.2) is 4.57 Å². The minimum absolute atomic E-state index is 0. The fourth-order valence-corrected chi connectivity index (χ4v) is 3.33. The van der Waals surface area contributed by atoms with Gasteiger partial charge in [0.2, 0.25) is 0 Å². The lowest BCUT2D eigenvalue weighted by molar-refractivity contribution is -0.675. The molecule has 0 saturated carbocycles. The molecule has 1 aromatic carbocycles. The minimum atomic E-state index is 0. The molecule has 0 spiro atoms. The van der Waals surface area contributed by atoms with Crippen LogP contribution in [0.15, 0.2) is 18.2 Å². The van der Waals surface area contributed by atoms with Gasteiger partial charge in [-0.2, -0.15) is 0 Å². The summed E-state index contributed by atoms with van der Waals surface area (Å²) in [4.78, 5) is 0. The second-order valence-electron chi connectivity index (χ2n) is 5.84. The monoisotopic (exact) mass is 434 g/mol. The third-order valence-corrected chi connectivity index (χ3v) is 4.59. The van der Waals surface area contributed by atoms with Gasteiger partial charge in [0.1, 0.15) is 0 Å². The normalized spacial score (nSPS) is 10.9. The number of aryl methyl sites for hydroxylation is 2. The maximum Gasteiger partial charge on any atom is 0.254 e. The Morgan fingerprint density at radius 1 is 1.05 bits per heavy atom. The van der Waals surface area contributed by atoms with E-state index in [9.17, 15) is 0 Å². The molecular formula is C18H28ClIN2. The standard InChI is InChI=1S/C18H28ClN2.HI/c1-4-6-7-8-9-10-13-21-15(3)20(5-2)17-12-11-16(19)14-18(17)21;/h11-12,14H,4-10,13H2,1-3H3;1H/q+1;/p-1. The molecule has 0 saturated heterocycles. The van der Waals surface area contributed by atoms with Crippen molar-refractivity contribution < 1.29 is 28.5 Å². The average Bonchev–Trinajstić information content (AvgIpc) is 2.74. The SMILES string of the molecule is CCCCCCCCn1c(C)[n+](CC)c2ccc(Cl)cc21.[I-]. The molecule has 1 aromatic heterocycles. The Hall–Kier alpha value is -0.290. The Balaban J connectivity index is 0.00000242. The summed E-state index contributed by atoms with van der Waals surface area (Å²) in [6.07, 6.45) is 8.01. The van der Waals surface area contributed by atoms with Crippen molar-refractivity contribution in [3.8, 4) is 0 Å². The number of aromatic nitrogens is 2. The number of imidazole rings is 1. The largest absolute Gasteiger partial charge is 1.00 e. The number of halogens is 2. The molecule has 2 aromatic rings. The van der Waals surface area contributed by atoms with E-state index in [0.29, 0.717) is 0 Å². The average molecular weight is 435 g/mol. The molecule has 22 heavy (non-hydrogen) atoms. The number of fused-ring (bicyclic) bond motifs is 1. The molecule has 0 aliphatic rings. The van der Waals surface area contributed by atoms with Crippen LogP contribution in [0.1, 0.15) is 58.2 Å². The number of hydrogen-bond donors (Lipinski definition) is 0. The van der Waals surface area contributed by atoms with Gasteiger partial charge in [0, 0.05) is 18.0 Å². The first kappa shape index (κ1) is 19.8. The molecule has 0 unspecified atom stereocenters. The maximum atomic E-state index is 6.19. The highest BCUT2D eigenvalue weighted by atomic mass is 127. The summed E-state index contributed by atoms with van der Waals surface area (Å²) < 4.78 is 4.81. The summed E-state index contributed by atoms with van der Waals surface area (Å²) in [6.45, 7) is 8.79.